The van der Waals surface area contributed by atoms with E-state index < -0.39 is 46.2 Å². The fourth-order valence-corrected chi connectivity index (χ4v) is 3.10. The van der Waals surface area contributed by atoms with E-state index in [1.54, 1.807) is 4.72 Å². The van der Waals surface area contributed by atoms with E-state index in [9.17, 15) is 49.1 Å². The molecule has 156 valence electrons. The van der Waals surface area contributed by atoms with E-state index in [0.717, 1.165) is 0 Å². The predicted molar refractivity (Wildman–Crippen MR) is 73.8 cm³/mol. The maximum absolute atomic E-state index is 13.4. The predicted octanol–water partition coefficient (Wildman–Crippen LogP) is 0.345. The van der Waals surface area contributed by atoms with E-state index in [1.165, 1.54) is 14.1 Å². The van der Waals surface area contributed by atoms with Gasteiger partial charge in [-0.25, -0.2) is 17.5 Å². The number of nitrogens with zero attached hydrogens (tertiary/aromatic N) is 1. The van der Waals surface area contributed by atoms with Gasteiger partial charge < -0.3 is 14.4 Å². The zero-order valence-corrected chi connectivity index (χ0v) is 14.7. The Morgan fingerprint density at radius 2 is 1.50 bits per heavy atom. The molecule has 0 spiro atoms. The van der Waals surface area contributed by atoms with Gasteiger partial charge in [-0.05, 0) is 0 Å². The number of carbonyl (C=O) groups excluding carboxylic acids is 1. The molecule has 0 aliphatic heterocycles. The first kappa shape index (κ1) is 24.8. The molecule has 0 saturated carbocycles. The second-order valence-electron chi connectivity index (χ2n) is 6.30. The summed E-state index contributed by atoms with van der Waals surface area (Å²) in [5.74, 6) is -3.08. The van der Waals surface area contributed by atoms with Gasteiger partial charge in [-0.3, -0.25) is 0 Å². The molecule has 0 saturated heterocycles. The number of halogens is 7. The van der Waals surface area contributed by atoms with Gasteiger partial charge in [0, 0.05) is 19.4 Å². The topological polar surface area (TPSA) is 86.3 Å². The number of rotatable bonds is 10. The quantitative estimate of drug-likeness (QED) is 0.314. The summed E-state index contributed by atoms with van der Waals surface area (Å²) in [6, 6.07) is 0. The van der Waals surface area contributed by atoms with E-state index in [2.05, 4.69) is 0 Å². The van der Waals surface area contributed by atoms with Crippen LogP contribution in [0.3, 0.4) is 0 Å². The van der Waals surface area contributed by atoms with Crippen LogP contribution >= 0.6 is 0 Å². The van der Waals surface area contributed by atoms with Crippen LogP contribution in [0.1, 0.15) is 12.8 Å². The van der Waals surface area contributed by atoms with Crippen molar-refractivity contribution in [3.8, 4) is 0 Å². The van der Waals surface area contributed by atoms with E-state index in [4.69, 9.17) is 0 Å². The zero-order chi connectivity index (χ0) is 21.0. The highest BCUT2D eigenvalue weighted by molar-refractivity contribution is 7.89. The van der Waals surface area contributed by atoms with Crippen LogP contribution in [-0.2, 0) is 14.8 Å². The van der Waals surface area contributed by atoms with Gasteiger partial charge >= 0.3 is 12.4 Å². The molecule has 0 aromatic carbocycles. The van der Waals surface area contributed by atoms with Crippen LogP contribution in [0.15, 0.2) is 0 Å². The summed E-state index contributed by atoms with van der Waals surface area (Å²) in [4.78, 5) is 10.5. The Labute approximate surface area is 145 Å². The number of quaternary nitrogens is 1. The fourth-order valence-electron chi connectivity index (χ4n) is 1.95. The van der Waals surface area contributed by atoms with Gasteiger partial charge in [0.25, 0.3) is 5.67 Å². The number of carboxylic acids is 1. The molecule has 6 nitrogen and oxygen atoms in total. The molecule has 0 aliphatic rings. The van der Waals surface area contributed by atoms with Crippen molar-refractivity contribution in [2.24, 2.45) is 0 Å². The summed E-state index contributed by atoms with van der Waals surface area (Å²) >= 11 is 0. The van der Waals surface area contributed by atoms with Crippen molar-refractivity contribution >= 4 is 16.0 Å². The van der Waals surface area contributed by atoms with E-state index in [0.29, 0.717) is 0 Å². The van der Waals surface area contributed by atoms with Crippen molar-refractivity contribution in [1.82, 2.24) is 4.72 Å². The number of likely N-dealkylation sites (N-methyl/N-ethyl adjacent to an activating group) is 1. The number of nitrogens with one attached hydrogen (secondary N) is 1. The monoisotopic (exact) mass is 420 g/mol. The van der Waals surface area contributed by atoms with Crippen LogP contribution in [0.5, 0.6) is 0 Å². The van der Waals surface area contributed by atoms with Gasteiger partial charge in [-0.1, -0.05) is 0 Å². The number of hydrogen-bond acceptors (Lipinski definition) is 4. The summed E-state index contributed by atoms with van der Waals surface area (Å²) in [7, 11) is -1.61. The zero-order valence-electron chi connectivity index (χ0n) is 13.9. The first-order chi connectivity index (χ1) is 11.3. The SMILES string of the molecule is C[N+](C)(CCCNS(=O)(=O)CCC(F)(C(F)(F)F)C(F)(F)F)CC(=O)[O-]. The Morgan fingerprint density at radius 3 is 1.88 bits per heavy atom. The maximum Gasteiger partial charge on any atom is 0.431 e. The Balaban J connectivity index is 4.70. The van der Waals surface area contributed by atoms with Crippen molar-refractivity contribution in [3.05, 3.63) is 0 Å². The van der Waals surface area contributed by atoms with Gasteiger partial charge in [-0.15, -0.1) is 0 Å². The number of carbonyl (C=O) groups is 1. The molecule has 0 amide bonds. The smallest absolute Gasteiger partial charge is 0.431 e. The molecule has 0 fully saturated rings. The van der Waals surface area contributed by atoms with Crippen LogP contribution in [0, 0.1) is 0 Å². The Kier molecular flexibility index (Phi) is 7.89. The third kappa shape index (κ3) is 7.61. The summed E-state index contributed by atoms with van der Waals surface area (Å²) in [5, 5.41) is 10.5. The third-order valence-corrected chi connectivity index (χ3v) is 4.82. The van der Waals surface area contributed by atoms with E-state index in [1.807, 2.05) is 0 Å². The first-order valence-corrected chi connectivity index (χ1v) is 8.80. The molecule has 0 rings (SSSR count). The van der Waals surface area contributed by atoms with Gasteiger partial charge in [0.05, 0.1) is 32.4 Å². The largest absolute Gasteiger partial charge is 0.544 e. The first-order valence-electron chi connectivity index (χ1n) is 7.14. The van der Waals surface area contributed by atoms with Crippen molar-refractivity contribution in [2.75, 3.05) is 39.5 Å². The molecule has 0 aliphatic carbocycles. The molecule has 0 atom stereocenters. The van der Waals surface area contributed by atoms with Crippen molar-refractivity contribution in [2.45, 2.75) is 30.9 Å². The number of alkyl halides is 7. The molecule has 1 N–H and O–H groups in total. The lowest BCUT2D eigenvalue weighted by Crippen LogP contribution is -2.54. The maximum atomic E-state index is 13.4. The normalized spacial score (nSPS) is 14.5. The van der Waals surface area contributed by atoms with E-state index >= 15 is 0 Å². The molecule has 0 aromatic rings. The van der Waals surface area contributed by atoms with E-state index in [-0.39, 0.29) is 30.5 Å². The molecular weight excluding hydrogens is 401 g/mol. The lowest BCUT2D eigenvalue weighted by Gasteiger charge is -2.30. The second-order valence-corrected chi connectivity index (χ2v) is 8.23. The van der Waals surface area contributed by atoms with Gasteiger partial charge in [0.1, 0.15) is 6.54 Å². The molecular formula is C12H19F7N2O4S. The Bertz CT molecular complexity index is 573. The molecule has 0 heterocycles. The van der Waals surface area contributed by atoms with Gasteiger partial charge in [0.2, 0.25) is 10.0 Å². The van der Waals surface area contributed by atoms with Crippen LogP contribution in [0.25, 0.3) is 0 Å². The van der Waals surface area contributed by atoms with Crippen LogP contribution in [-0.4, -0.2) is 76.4 Å². The summed E-state index contributed by atoms with van der Waals surface area (Å²) in [6.07, 6.45) is -14.9. The molecule has 0 unspecified atom stereocenters. The second kappa shape index (κ2) is 8.25. The standard InChI is InChI=1S/C12H19F7N2O4S/c1-21(2,8-9(22)23)6-3-5-20-26(24,25)7-4-10(13,11(14,15)16)12(17,18)19/h20H,3-8H2,1-2H3. The molecule has 26 heavy (non-hydrogen) atoms. The molecule has 0 aromatic heterocycles. The average Bonchev–Trinajstić information content (AvgIpc) is 2.37. The molecule has 14 heteroatoms. The van der Waals surface area contributed by atoms with Gasteiger partial charge in [-0.2, -0.15) is 26.3 Å². The fraction of sp³-hybridized carbons (Fsp3) is 0.917. The average molecular weight is 420 g/mol. The molecule has 0 radical (unpaired) electrons. The minimum absolute atomic E-state index is 0.0405. The van der Waals surface area contributed by atoms with Crippen LogP contribution in [0.2, 0.25) is 0 Å². The Hall–Kier alpha value is -1.15. The highest BCUT2D eigenvalue weighted by atomic mass is 32.2. The van der Waals surface area contributed by atoms with Crippen molar-refractivity contribution < 1.29 is 53.5 Å². The summed E-state index contributed by atoms with van der Waals surface area (Å²) < 4.78 is 112. The molecule has 0 bridgehead atoms. The summed E-state index contributed by atoms with van der Waals surface area (Å²) in [5.41, 5.74) is -5.64. The van der Waals surface area contributed by atoms with Crippen molar-refractivity contribution in [3.63, 3.8) is 0 Å². The lowest BCUT2D eigenvalue weighted by atomic mass is 10.0. The highest BCUT2D eigenvalue weighted by Gasteiger charge is 2.72. The van der Waals surface area contributed by atoms with Crippen LogP contribution in [0.4, 0.5) is 30.7 Å². The van der Waals surface area contributed by atoms with Crippen molar-refractivity contribution in [1.29, 1.82) is 0 Å². The van der Waals surface area contributed by atoms with Crippen LogP contribution < -0.4 is 9.83 Å². The van der Waals surface area contributed by atoms with Gasteiger partial charge in [0.15, 0.2) is 0 Å². The minimum atomic E-state index is -6.31. The lowest BCUT2D eigenvalue weighted by molar-refractivity contribution is -0.884. The number of hydrogen-bond donors (Lipinski definition) is 1. The summed E-state index contributed by atoms with van der Waals surface area (Å²) in [6.45, 7) is -0.614. The third-order valence-electron chi connectivity index (χ3n) is 3.43. The Morgan fingerprint density at radius 1 is 1.04 bits per heavy atom. The minimum Gasteiger partial charge on any atom is -0.544 e. The highest BCUT2D eigenvalue weighted by Crippen LogP contribution is 2.48. The number of carboxylic acid groups (broad SMARTS) is 1. The number of aliphatic carboxylic acids is 1. The number of sulfonamides is 1.